The molecule has 3 rings (SSSR count). The molecule has 2 fully saturated rings. The summed E-state index contributed by atoms with van der Waals surface area (Å²) in [4.78, 5) is 49.7. The number of nitrogens with zero attached hydrogens (tertiary/aromatic N) is 1. The molecule has 1 aromatic carbocycles. The molecule has 3 amide bonds. The number of carbonyl (C=O) groups is 4. The van der Waals surface area contributed by atoms with Gasteiger partial charge in [-0.05, 0) is 37.5 Å². The van der Waals surface area contributed by atoms with Gasteiger partial charge in [-0.25, -0.2) is 0 Å². The summed E-state index contributed by atoms with van der Waals surface area (Å²) in [7, 11) is 0. The van der Waals surface area contributed by atoms with Crippen LogP contribution in [-0.4, -0.2) is 41.7 Å². The average molecular weight is 407 g/mol. The number of esters is 1. The van der Waals surface area contributed by atoms with Crippen LogP contribution in [0.2, 0.25) is 5.02 Å². The van der Waals surface area contributed by atoms with E-state index in [1.807, 2.05) is 6.92 Å². The topological polar surface area (TPSA) is 92.8 Å². The van der Waals surface area contributed by atoms with Crippen molar-refractivity contribution in [3.05, 3.63) is 28.8 Å². The van der Waals surface area contributed by atoms with Crippen LogP contribution in [0.15, 0.2) is 18.2 Å². The Morgan fingerprint density at radius 2 is 1.82 bits per heavy atom. The lowest BCUT2D eigenvalue weighted by Gasteiger charge is -2.19. The van der Waals surface area contributed by atoms with Gasteiger partial charge in [0.1, 0.15) is 0 Å². The number of halogens is 1. The Balaban J connectivity index is 1.43. The molecule has 0 spiro atoms. The minimum Gasteiger partial charge on any atom is -0.456 e. The first-order valence-corrected chi connectivity index (χ1v) is 9.81. The van der Waals surface area contributed by atoms with E-state index in [2.05, 4.69) is 5.32 Å². The first-order valence-electron chi connectivity index (χ1n) is 9.43. The predicted octanol–water partition coefficient (Wildman–Crippen LogP) is 2.70. The van der Waals surface area contributed by atoms with E-state index in [1.165, 1.54) is 4.90 Å². The largest absolute Gasteiger partial charge is 0.456 e. The van der Waals surface area contributed by atoms with Crippen LogP contribution in [0, 0.1) is 18.8 Å². The summed E-state index contributed by atoms with van der Waals surface area (Å²) in [6.07, 6.45) is 3.26. The van der Waals surface area contributed by atoms with Crippen molar-refractivity contribution < 1.29 is 23.9 Å². The Hall–Kier alpha value is -2.41. The number of likely N-dealkylation sites (tertiary alicyclic amines) is 1. The van der Waals surface area contributed by atoms with E-state index >= 15 is 0 Å². The molecule has 28 heavy (non-hydrogen) atoms. The van der Waals surface area contributed by atoms with Gasteiger partial charge in [0.2, 0.25) is 11.8 Å². The minimum absolute atomic E-state index is 0.00130. The Kier molecular flexibility index (Phi) is 6.34. The van der Waals surface area contributed by atoms with Gasteiger partial charge >= 0.3 is 5.97 Å². The molecule has 150 valence electrons. The summed E-state index contributed by atoms with van der Waals surface area (Å²) in [6.45, 7) is 1.40. The Bertz CT molecular complexity index is 786. The maximum absolute atomic E-state index is 12.4. The second-order valence-corrected chi connectivity index (χ2v) is 7.66. The first-order chi connectivity index (χ1) is 13.4. The Morgan fingerprint density at radius 3 is 2.43 bits per heavy atom. The Morgan fingerprint density at radius 1 is 1.18 bits per heavy atom. The van der Waals surface area contributed by atoms with E-state index in [9.17, 15) is 19.2 Å². The number of anilines is 1. The summed E-state index contributed by atoms with van der Waals surface area (Å²) >= 11 is 6.00. The number of ether oxygens (including phenoxy) is 1. The monoisotopic (exact) mass is 406 g/mol. The third-order valence-electron chi connectivity index (χ3n) is 5.29. The number of rotatable bonds is 6. The SMILES string of the molecule is Cc1ccc(NC(=O)COC(=O)CCN2C(=O)[C@H]3CCCC[C@@H]3C2=O)cc1Cl. The molecule has 0 unspecified atom stereocenters. The second kappa shape index (κ2) is 8.73. The summed E-state index contributed by atoms with van der Waals surface area (Å²) in [6, 6.07) is 5.08. The molecule has 8 heteroatoms. The number of nitrogens with one attached hydrogen (secondary N) is 1. The van der Waals surface area contributed by atoms with Gasteiger partial charge in [0.15, 0.2) is 6.61 Å². The lowest BCUT2D eigenvalue weighted by atomic mass is 9.81. The maximum atomic E-state index is 12.4. The second-order valence-electron chi connectivity index (χ2n) is 7.25. The van der Waals surface area contributed by atoms with Gasteiger partial charge in [0, 0.05) is 17.3 Å². The predicted molar refractivity (Wildman–Crippen MR) is 103 cm³/mol. The smallest absolute Gasteiger partial charge is 0.308 e. The molecule has 2 atom stereocenters. The number of fused-ring (bicyclic) bond motifs is 1. The van der Waals surface area contributed by atoms with Gasteiger partial charge in [-0.3, -0.25) is 24.1 Å². The van der Waals surface area contributed by atoms with Crippen LogP contribution in [0.1, 0.15) is 37.7 Å². The van der Waals surface area contributed by atoms with Crippen LogP contribution >= 0.6 is 11.6 Å². The lowest BCUT2D eigenvalue weighted by molar-refractivity contribution is -0.148. The Labute approximate surface area is 168 Å². The zero-order valence-corrected chi connectivity index (χ0v) is 16.5. The van der Waals surface area contributed by atoms with Crippen molar-refractivity contribution >= 4 is 41.0 Å². The van der Waals surface area contributed by atoms with Gasteiger partial charge in [-0.15, -0.1) is 0 Å². The highest BCUT2D eigenvalue weighted by molar-refractivity contribution is 6.31. The molecule has 2 aliphatic rings. The minimum atomic E-state index is -0.632. The maximum Gasteiger partial charge on any atom is 0.308 e. The van der Waals surface area contributed by atoms with Crippen molar-refractivity contribution in [2.75, 3.05) is 18.5 Å². The number of carbonyl (C=O) groups excluding carboxylic acids is 4. The van der Waals surface area contributed by atoms with Crippen LogP contribution < -0.4 is 5.32 Å². The number of amides is 3. The van der Waals surface area contributed by atoms with Gasteiger partial charge < -0.3 is 10.1 Å². The fourth-order valence-corrected chi connectivity index (χ4v) is 3.92. The third-order valence-corrected chi connectivity index (χ3v) is 5.70. The van der Waals surface area contributed by atoms with E-state index in [4.69, 9.17) is 16.3 Å². The van der Waals surface area contributed by atoms with Gasteiger partial charge in [0.05, 0.1) is 18.3 Å². The van der Waals surface area contributed by atoms with Gasteiger partial charge in [-0.1, -0.05) is 30.5 Å². The summed E-state index contributed by atoms with van der Waals surface area (Å²) < 4.78 is 4.95. The normalized spacial score (nSPS) is 21.4. The molecular weight excluding hydrogens is 384 g/mol. The fraction of sp³-hybridized carbons (Fsp3) is 0.500. The number of hydrogen-bond acceptors (Lipinski definition) is 5. The van der Waals surface area contributed by atoms with Crippen molar-refractivity contribution in [2.24, 2.45) is 11.8 Å². The van der Waals surface area contributed by atoms with Crippen LogP contribution in [0.3, 0.4) is 0 Å². The molecule has 1 heterocycles. The standard InChI is InChI=1S/C20H23ClN2O5/c1-12-6-7-13(10-16(12)21)22-17(24)11-28-18(25)8-9-23-19(26)14-4-2-3-5-15(14)20(23)27/h6-7,10,14-15H,2-5,8-9,11H2,1H3,(H,22,24)/t14-,15-/m0/s1. The lowest BCUT2D eigenvalue weighted by Crippen LogP contribution is -2.33. The van der Waals surface area contributed by atoms with Gasteiger partial charge in [0.25, 0.3) is 5.91 Å². The van der Waals surface area contributed by atoms with Crippen LogP contribution in [-0.2, 0) is 23.9 Å². The van der Waals surface area contributed by atoms with Crippen molar-refractivity contribution in [1.29, 1.82) is 0 Å². The van der Waals surface area contributed by atoms with E-state index < -0.39 is 18.5 Å². The number of benzene rings is 1. The van der Waals surface area contributed by atoms with Crippen molar-refractivity contribution in [3.8, 4) is 0 Å². The molecule has 1 N–H and O–H groups in total. The van der Waals surface area contributed by atoms with E-state index in [0.717, 1.165) is 31.2 Å². The zero-order valence-electron chi connectivity index (χ0n) is 15.7. The highest BCUT2D eigenvalue weighted by Gasteiger charge is 2.47. The molecule has 1 aliphatic carbocycles. The first kappa shape index (κ1) is 20.3. The van der Waals surface area contributed by atoms with Crippen LogP contribution in [0.4, 0.5) is 5.69 Å². The molecule has 1 aromatic rings. The van der Waals surface area contributed by atoms with Crippen molar-refractivity contribution in [3.63, 3.8) is 0 Å². The number of aryl methyl sites for hydroxylation is 1. The van der Waals surface area contributed by atoms with Crippen LogP contribution in [0.5, 0.6) is 0 Å². The molecule has 1 aliphatic heterocycles. The highest BCUT2D eigenvalue weighted by atomic mass is 35.5. The van der Waals surface area contributed by atoms with E-state index in [1.54, 1.807) is 18.2 Å². The van der Waals surface area contributed by atoms with E-state index in [-0.39, 0.29) is 36.6 Å². The molecule has 0 radical (unpaired) electrons. The molecule has 1 saturated carbocycles. The molecule has 0 aromatic heterocycles. The molecule has 0 bridgehead atoms. The van der Waals surface area contributed by atoms with Crippen LogP contribution in [0.25, 0.3) is 0 Å². The molecule has 1 saturated heterocycles. The summed E-state index contributed by atoms with van der Waals surface area (Å²) in [5.74, 6) is -1.96. The summed E-state index contributed by atoms with van der Waals surface area (Å²) in [5, 5.41) is 3.11. The average Bonchev–Trinajstić information content (AvgIpc) is 2.92. The van der Waals surface area contributed by atoms with Crippen molar-refractivity contribution in [1.82, 2.24) is 4.90 Å². The van der Waals surface area contributed by atoms with Gasteiger partial charge in [-0.2, -0.15) is 0 Å². The molecular formula is C20H23ClN2O5. The number of imide groups is 1. The van der Waals surface area contributed by atoms with Crippen molar-refractivity contribution in [2.45, 2.75) is 39.0 Å². The number of hydrogen-bond donors (Lipinski definition) is 1. The fourth-order valence-electron chi connectivity index (χ4n) is 3.74. The summed E-state index contributed by atoms with van der Waals surface area (Å²) in [5.41, 5.74) is 1.39. The van der Waals surface area contributed by atoms with E-state index in [0.29, 0.717) is 10.7 Å². The zero-order chi connectivity index (χ0) is 20.3. The third kappa shape index (κ3) is 4.52. The quantitative estimate of drug-likeness (QED) is 0.579. The molecule has 7 nitrogen and oxygen atoms in total. The highest BCUT2D eigenvalue weighted by Crippen LogP contribution is 2.37.